The van der Waals surface area contributed by atoms with Crippen molar-refractivity contribution in [1.82, 2.24) is 19.7 Å². The van der Waals surface area contributed by atoms with Gasteiger partial charge >= 0.3 is 0 Å². The van der Waals surface area contributed by atoms with Gasteiger partial charge in [0.2, 0.25) is 0 Å². The second-order valence-electron chi connectivity index (χ2n) is 5.47. The average Bonchev–Trinajstić information content (AvgIpc) is 3.08. The van der Waals surface area contributed by atoms with Crippen molar-refractivity contribution in [3.63, 3.8) is 0 Å². The second kappa shape index (κ2) is 7.26. The van der Waals surface area contributed by atoms with Crippen LogP contribution in [0.15, 0.2) is 36.9 Å². The van der Waals surface area contributed by atoms with Crippen LogP contribution in [0.3, 0.4) is 0 Å². The lowest BCUT2D eigenvalue weighted by molar-refractivity contribution is 0.0955. The van der Waals surface area contributed by atoms with Crippen LogP contribution in [0.4, 0.5) is 0 Å². The van der Waals surface area contributed by atoms with Gasteiger partial charge in [-0.3, -0.25) is 4.68 Å². The zero-order valence-corrected chi connectivity index (χ0v) is 12.9. The monoisotopic (exact) mass is 302 g/mol. The molecule has 0 saturated carbocycles. The van der Waals surface area contributed by atoms with Crippen molar-refractivity contribution in [2.75, 3.05) is 26.7 Å². The zero-order valence-electron chi connectivity index (χ0n) is 12.9. The maximum absolute atomic E-state index is 6.10. The summed E-state index contributed by atoms with van der Waals surface area (Å²) in [5, 5.41) is 4.13. The normalized spacial score (nSPS) is 16.6. The number of benzene rings is 1. The third-order valence-electron chi connectivity index (χ3n) is 4.01. The van der Waals surface area contributed by atoms with Crippen LogP contribution in [0, 0.1) is 0 Å². The van der Waals surface area contributed by atoms with Crippen molar-refractivity contribution in [3.05, 3.63) is 36.9 Å². The van der Waals surface area contributed by atoms with Crippen molar-refractivity contribution in [3.8, 4) is 11.5 Å². The first-order chi connectivity index (χ1) is 10.8. The Hall–Kier alpha value is -2.08. The highest BCUT2D eigenvalue weighted by atomic mass is 16.5. The summed E-state index contributed by atoms with van der Waals surface area (Å²) in [4.78, 5) is 6.41. The van der Waals surface area contributed by atoms with Crippen LogP contribution in [0.5, 0.6) is 11.5 Å². The minimum atomic E-state index is 0.263. The Kier molecular flexibility index (Phi) is 4.90. The van der Waals surface area contributed by atoms with Gasteiger partial charge in [0.1, 0.15) is 18.8 Å². The van der Waals surface area contributed by atoms with Crippen LogP contribution in [-0.2, 0) is 6.54 Å². The summed E-state index contributed by atoms with van der Waals surface area (Å²) in [6.07, 6.45) is 5.68. The quantitative estimate of drug-likeness (QED) is 0.815. The molecule has 1 aliphatic heterocycles. The lowest BCUT2D eigenvalue weighted by Gasteiger charge is -2.32. The van der Waals surface area contributed by atoms with Crippen molar-refractivity contribution >= 4 is 0 Å². The molecule has 1 aromatic heterocycles. The van der Waals surface area contributed by atoms with Gasteiger partial charge in [0, 0.05) is 19.6 Å². The summed E-state index contributed by atoms with van der Waals surface area (Å²) >= 11 is 0. The van der Waals surface area contributed by atoms with E-state index in [-0.39, 0.29) is 6.10 Å². The molecular weight excluding hydrogens is 280 g/mol. The molecule has 6 heteroatoms. The Morgan fingerprint density at radius 1 is 1.14 bits per heavy atom. The summed E-state index contributed by atoms with van der Waals surface area (Å²) < 4.78 is 13.3. The lowest BCUT2D eigenvalue weighted by Crippen LogP contribution is -2.39. The summed E-state index contributed by atoms with van der Waals surface area (Å²) in [6, 6.07) is 7.84. The number of hydrogen-bond acceptors (Lipinski definition) is 5. The van der Waals surface area contributed by atoms with Crippen LogP contribution in [-0.4, -0.2) is 52.5 Å². The molecule has 0 unspecified atom stereocenters. The molecule has 0 radical (unpaired) electrons. The molecule has 2 heterocycles. The largest absolute Gasteiger partial charge is 0.493 e. The summed E-state index contributed by atoms with van der Waals surface area (Å²) in [5.74, 6) is 1.64. The standard InChI is InChI=1S/C16H22N4O2/c1-21-15-4-2-3-5-16(15)22-14-6-8-19(9-7-14)10-11-20-13-17-12-18-20/h2-5,12-14H,6-11H2,1H3. The van der Waals surface area contributed by atoms with Crippen molar-refractivity contribution in [2.24, 2.45) is 0 Å². The van der Waals surface area contributed by atoms with E-state index in [2.05, 4.69) is 15.0 Å². The molecule has 2 aromatic rings. The third kappa shape index (κ3) is 3.76. The number of piperidine rings is 1. The minimum Gasteiger partial charge on any atom is -0.493 e. The van der Waals surface area contributed by atoms with E-state index in [4.69, 9.17) is 9.47 Å². The van der Waals surface area contributed by atoms with E-state index in [0.717, 1.165) is 50.5 Å². The molecule has 1 saturated heterocycles. The molecule has 3 rings (SSSR count). The van der Waals surface area contributed by atoms with Crippen LogP contribution in [0.1, 0.15) is 12.8 Å². The van der Waals surface area contributed by atoms with E-state index in [1.54, 1.807) is 19.8 Å². The maximum Gasteiger partial charge on any atom is 0.161 e. The number of ether oxygens (including phenoxy) is 2. The van der Waals surface area contributed by atoms with E-state index in [1.807, 2.05) is 28.9 Å². The molecule has 0 atom stereocenters. The Labute approximate surface area is 130 Å². The van der Waals surface area contributed by atoms with Gasteiger partial charge in [0.25, 0.3) is 0 Å². The number of likely N-dealkylation sites (tertiary alicyclic amines) is 1. The first kappa shape index (κ1) is 14.8. The van der Waals surface area contributed by atoms with Gasteiger partial charge in [-0.05, 0) is 25.0 Å². The number of aromatic nitrogens is 3. The molecule has 0 amide bonds. The van der Waals surface area contributed by atoms with Crippen LogP contribution in [0.2, 0.25) is 0 Å². The molecule has 0 N–H and O–H groups in total. The molecule has 0 aliphatic carbocycles. The topological polar surface area (TPSA) is 52.4 Å². The maximum atomic E-state index is 6.10. The van der Waals surface area contributed by atoms with E-state index in [1.165, 1.54) is 0 Å². The Morgan fingerprint density at radius 3 is 2.59 bits per heavy atom. The van der Waals surface area contributed by atoms with Gasteiger partial charge in [-0.2, -0.15) is 5.10 Å². The van der Waals surface area contributed by atoms with E-state index < -0.39 is 0 Å². The Balaban J connectivity index is 1.45. The molecule has 1 aliphatic rings. The van der Waals surface area contributed by atoms with Crippen molar-refractivity contribution in [1.29, 1.82) is 0 Å². The lowest BCUT2D eigenvalue weighted by atomic mass is 10.1. The summed E-state index contributed by atoms with van der Waals surface area (Å²) in [5.41, 5.74) is 0. The van der Waals surface area contributed by atoms with Gasteiger partial charge in [-0.15, -0.1) is 0 Å². The van der Waals surface area contributed by atoms with Gasteiger partial charge < -0.3 is 14.4 Å². The molecule has 6 nitrogen and oxygen atoms in total. The van der Waals surface area contributed by atoms with Gasteiger partial charge in [0.15, 0.2) is 11.5 Å². The minimum absolute atomic E-state index is 0.263. The van der Waals surface area contributed by atoms with Crippen molar-refractivity contribution in [2.45, 2.75) is 25.5 Å². The predicted molar refractivity (Wildman–Crippen MR) is 83.1 cm³/mol. The fraction of sp³-hybridized carbons (Fsp3) is 0.500. The summed E-state index contributed by atoms with van der Waals surface area (Å²) in [7, 11) is 1.68. The Bertz CT molecular complexity index is 565. The van der Waals surface area contributed by atoms with Crippen LogP contribution in [0.25, 0.3) is 0 Å². The molecule has 22 heavy (non-hydrogen) atoms. The zero-order chi connectivity index (χ0) is 15.2. The van der Waals surface area contributed by atoms with E-state index in [0.29, 0.717) is 0 Å². The first-order valence-electron chi connectivity index (χ1n) is 7.69. The fourth-order valence-corrected chi connectivity index (χ4v) is 2.74. The SMILES string of the molecule is COc1ccccc1OC1CCN(CCn2cncn2)CC1. The summed E-state index contributed by atoms with van der Waals surface area (Å²) in [6.45, 7) is 3.99. The number of hydrogen-bond donors (Lipinski definition) is 0. The Morgan fingerprint density at radius 2 is 1.91 bits per heavy atom. The van der Waals surface area contributed by atoms with Crippen LogP contribution >= 0.6 is 0 Å². The van der Waals surface area contributed by atoms with E-state index >= 15 is 0 Å². The molecule has 1 fully saturated rings. The number of nitrogens with zero attached hydrogens (tertiary/aromatic N) is 4. The fourth-order valence-electron chi connectivity index (χ4n) is 2.74. The second-order valence-corrected chi connectivity index (χ2v) is 5.47. The van der Waals surface area contributed by atoms with Gasteiger partial charge in [-0.1, -0.05) is 12.1 Å². The molecule has 0 spiro atoms. The number of para-hydroxylation sites is 2. The third-order valence-corrected chi connectivity index (χ3v) is 4.01. The molecule has 0 bridgehead atoms. The number of methoxy groups -OCH3 is 1. The van der Waals surface area contributed by atoms with Crippen molar-refractivity contribution < 1.29 is 9.47 Å². The highest BCUT2D eigenvalue weighted by Crippen LogP contribution is 2.28. The van der Waals surface area contributed by atoms with Crippen LogP contribution < -0.4 is 9.47 Å². The molecule has 118 valence electrons. The molecular formula is C16H22N4O2. The highest BCUT2D eigenvalue weighted by molar-refractivity contribution is 5.39. The molecule has 1 aromatic carbocycles. The van der Waals surface area contributed by atoms with E-state index in [9.17, 15) is 0 Å². The first-order valence-corrected chi connectivity index (χ1v) is 7.69. The van der Waals surface area contributed by atoms with Gasteiger partial charge in [-0.25, -0.2) is 4.98 Å². The average molecular weight is 302 g/mol. The highest BCUT2D eigenvalue weighted by Gasteiger charge is 2.21. The number of rotatable bonds is 6. The predicted octanol–water partition coefficient (Wildman–Crippen LogP) is 1.83. The smallest absolute Gasteiger partial charge is 0.161 e. The van der Waals surface area contributed by atoms with Gasteiger partial charge in [0.05, 0.1) is 13.7 Å².